The molecule has 2 aliphatic rings. The number of halogens is 1. The second-order valence-corrected chi connectivity index (χ2v) is 6.95. The van der Waals surface area contributed by atoms with Crippen molar-refractivity contribution in [3.8, 4) is 0 Å². The molecule has 1 heterocycles. The van der Waals surface area contributed by atoms with Gasteiger partial charge >= 0.3 is 0 Å². The molecule has 1 amide bonds. The van der Waals surface area contributed by atoms with Gasteiger partial charge in [0.15, 0.2) is 0 Å². The van der Waals surface area contributed by atoms with Crippen LogP contribution in [0.3, 0.4) is 0 Å². The first-order valence-corrected chi connectivity index (χ1v) is 8.30. The summed E-state index contributed by atoms with van der Waals surface area (Å²) in [5, 5.41) is 0. The van der Waals surface area contributed by atoms with Gasteiger partial charge in [0.05, 0.1) is 6.54 Å². The van der Waals surface area contributed by atoms with Gasteiger partial charge in [-0.05, 0) is 44.7 Å². The van der Waals surface area contributed by atoms with Gasteiger partial charge in [0, 0.05) is 19.1 Å². The molecule has 4 nitrogen and oxygen atoms in total. The molecule has 0 radical (unpaired) electrons. The fourth-order valence-electron chi connectivity index (χ4n) is 3.74. The van der Waals surface area contributed by atoms with E-state index in [-0.39, 0.29) is 17.8 Å². The predicted molar refractivity (Wildman–Crippen MR) is 89.7 cm³/mol. The Labute approximate surface area is 135 Å². The number of likely N-dealkylation sites (tertiary alicyclic amines) is 1. The van der Waals surface area contributed by atoms with E-state index in [1.54, 1.807) is 0 Å². The second-order valence-electron chi connectivity index (χ2n) is 6.95. The Balaban J connectivity index is 0.00000220. The summed E-state index contributed by atoms with van der Waals surface area (Å²) in [4.78, 5) is 17.0. The lowest BCUT2D eigenvalue weighted by Crippen LogP contribution is -2.46. The quantitative estimate of drug-likeness (QED) is 0.846. The van der Waals surface area contributed by atoms with Gasteiger partial charge in [-0.15, -0.1) is 12.4 Å². The zero-order valence-electron chi connectivity index (χ0n) is 13.6. The van der Waals surface area contributed by atoms with Crippen LogP contribution in [0.2, 0.25) is 0 Å². The predicted octanol–water partition coefficient (Wildman–Crippen LogP) is 2.26. The van der Waals surface area contributed by atoms with E-state index in [2.05, 4.69) is 23.6 Å². The first kappa shape index (κ1) is 18.7. The summed E-state index contributed by atoms with van der Waals surface area (Å²) in [5.74, 6) is 0.320. The first-order chi connectivity index (χ1) is 9.58. The van der Waals surface area contributed by atoms with Gasteiger partial charge in [0.2, 0.25) is 5.91 Å². The molecule has 2 N–H and O–H groups in total. The lowest BCUT2D eigenvalue weighted by Gasteiger charge is -2.34. The lowest BCUT2D eigenvalue weighted by molar-refractivity contribution is -0.135. The molecule has 1 saturated heterocycles. The Morgan fingerprint density at radius 3 is 2.52 bits per heavy atom. The van der Waals surface area contributed by atoms with Gasteiger partial charge in [-0.2, -0.15) is 0 Å². The van der Waals surface area contributed by atoms with Crippen LogP contribution in [-0.2, 0) is 4.79 Å². The molecule has 2 fully saturated rings. The Morgan fingerprint density at radius 1 is 1.33 bits per heavy atom. The van der Waals surface area contributed by atoms with Crippen LogP contribution in [0, 0.1) is 5.41 Å². The molecule has 1 unspecified atom stereocenters. The summed E-state index contributed by atoms with van der Waals surface area (Å²) in [5.41, 5.74) is 6.05. The van der Waals surface area contributed by atoms with Crippen LogP contribution < -0.4 is 5.73 Å². The highest BCUT2D eigenvalue weighted by atomic mass is 35.5. The number of hydrogen-bond acceptors (Lipinski definition) is 3. The molecule has 5 heteroatoms. The van der Waals surface area contributed by atoms with Crippen LogP contribution in [-0.4, -0.2) is 54.5 Å². The molecule has 124 valence electrons. The zero-order valence-corrected chi connectivity index (χ0v) is 14.5. The van der Waals surface area contributed by atoms with Crippen molar-refractivity contribution in [3.05, 3.63) is 0 Å². The number of amides is 1. The van der Waals surface area contributed by atoms with E-state index >= 15 is 0 Å². The molecule has 2 rings (SSSR count). The van der Waals surface area contributed by atoms with E-state index in [1.165, 1.54) is 32.1 Å². The number of carbonyl (C=O) groups excluding carboxylic acids is 1. The van der Waals surface area contributed by atoms with Gasteiger partial charge in [0.25, 0.3) is 0 Å². The maximum absolute atomic E-state index is 12.6. The number of nitrogens with zero attached hydrogens (tertiary/aromatic N) is 2. The van der Waals surface area contributed by atoms with Gasteiger partial charge in [-0.3, -0.25) is 9.69 Å². The molecule has 1 aliphatic carbocycles. The normalized spacial score (nSPS) is 27.4. The fraction of sp³-hybridized carbons (Fsp3) is 0.938. The number of carbonyl (C=O) groups is 1. The maximum Gasteiger partial charge on any atom is 0.236 e. The van der Waals surface area contributed by atoms with Crippen molar-refractivity contribution in [3.63, 3.8) is 0 Å². The monoisotopic (exact) mass is 317 g/mol. The minimum absolute atomic E-state index is 0. The van der Waals surface area contributed by atoms with Crippen LogP contribution >= 0.6 is 12.4 Å². The molecule has 1 aliphatic heterocycles. The number of nitrogens with two attached hydrogens (primary N) is 1. The minimum atomic E-state index is 0. The SMILES string of the molecule is CCN(C(=O)CN1CCC(C)(CN)C1)C1CCCCC1.Cl. The van der Waals surface area contributed by atoms with Crippen molar-refractivity contribution in [2.75, 3.05) is 32.7 Å². The van der Waals surface area contributed by atoms with Gasteiger partial charge < -0.3 is 10.6 Å². The topological polar surface area (TPSA) is 49.6 Å². The fourth-order valence-corrected chi connectivity index (χ4v) is 3.74. The Bertz CT molecular complexity index is 333. The van der Waals surface area contributed by atoms with Crippen molar-refractivity contribution in [1.29, 1.82) is 0 Å². The van der Waals surface area contributed by atoms with Gasteiger partial charge in [-0.1, -0.05) is 26.2 Å². The van der Waals surface area contributed by atoms with Crippen LogP contribution in [0.15, 0.2) is 0 Å². The van der Waals surface area contributed by atoms with Crippen LogP contribution in [0.4, 0.5) is 0 Å². The summed E-state index contributed by atoms with van der Waals surface area (Å²) in [6, 6.07) is 0.491. The molecule has 1 saturated carbocycles. The Hall–Kier alpha value is -0.320. The standard InChI is InChI=1S/C16H31N3O.ClH/c1-3-19(14-7-5-4-6-8-14)15(20)11-18-10-9-16(2,12-17)13-18;/h14H,3-13,17H2,1-2H3;1H. The molecular weight excluding hydrogens is 286 g/mol. The van der Waals surface area contributed by atoms with E-state index in [1.807, 2.05) is 0 Å². The van der Waals surface area contributed by atoms with Crippen molar-refractivity contribution < 1.29 is 4.79 Å². The highest BCUT2D eigenvalue weighted by Gasteiger charge is 2.34. The third-order valence-corrected chi connectivity index (χ3v) is 5.17. The highest BCUT2D eigenvalue weighted by Crippen LogP contribution is 2.28. The molecule has 0 aromatic carbocycles. The average Bonchev–Trinajstić information content (AvgIpc) is 2.83. The second kappa shape index (κ2) is 8.35. The molecule has 0 aromatic rings. The van der Waals surface area contributed by atoms with E-state index in [0.29, 0.717) is 18.5 Å². The smallest absolute Gasteiger partial charge is 0.236 e. The van der Waals surface area contributed by atoms with E-state index < -0.39 is 0 Å². The first-order valence-electron chi connectivity index (χ1n) is 8.30. The summed E-state index contributed by atoms with van der Waals surface area (Å²) >= 11 is 0. The van der Waals surface area contributed by atoms with Crippen LogP contribution in [0.25, 0.3) is 0 Å². The average molecular weight is 318 g/mol. The molecule has 1 atom stereocenters. The third kappa shape index (κ3) is 4.83. The van der Waals surface area contributed by atoms with Crippen molar-refractivity contribution >= 4 is 18.3 Å². The summed E-state index contributed by atoms with van der Waals surface area (Å²) in [7, 11) is 0. The summed E-state index contributed by atoms with van der Waals surface area (Å²) < 4.78 is 0. The molecule has 21 heavy (non-hydrogen) atoms. The minimum Gasteiger partial charge on any atom is -0.339 e. The molecule has 0 bridgehead atoms. The van der Waals surface area contributed by atoms with Gasteiger partial charge in [-0.25, -0.2) is 0 Å². The lowest BCUT2D eigenvalue weighted by atomic mass is 9.90. The van der Waals surface area contributed by atoms with Crippen LogP contribution in [0.5, 0.6) is 0 Å². The third-order valence-electron chi connectivity index (χ3n) is 5.17. The highest BCUT2D eigenvalue weighted by molar-refractivity contribution is 5.85. The van der Waals surface area contributed by atoms with E-state index in [0.717, 1.165) is 32.6 Å². The summed E-state index contributed by atoms with van der Waals surface area (Å²) in [6.07, 6.45) is 7.41. The van der Waals surface area contributed by atoms with Crippen LogP contribution in [0.1, 0.15) is 52.4 Å². The number of rotatable bonds is 5. The Morgan fingerprint density at radius 2 is 2.00 bits per heavy atom. The van der Waals surface area contributed by atoms with Gasteiger partial charge in [0.1, 0.15) is 0 Å². The van der Waals surface area contributed by atoms with Crippen molar-refractivity contribution in [2.24, 2.45) is 11.1 Å². The number of hydrogen-bond donors (Lipinski definition) is 1. The summed E-state index contributed by atoms with van der Waals surface area (Å²) in [6.45, 7) is 8.49. The zero-order chi connectivity index (χ0) is 14.6. The molecule has 0 spiro atoms. The largest absolute Gasteiger partial charge is 0.339 e. The van der Waals surface area contributed by atoms with E-state index in [4.69, 9.17) is 5.73 Å². The van der Waals surface area contributed by atoms with Crippen molar-refractivity contribution in [1.82, 2.24) is 9.80 Å². The Kier molecular flexibility index (Phi) is 7.45. The molecule has 0 aromatic heterocycles. The number of likely N-dealkylation sites (N-methyl/N-ethyl adjacent to an activating group) is 1. The van der Waals surface area contributed by atoms with E-state index in [9.17, 15) is 4.79 Å². The molecular formula is C16H32ClN3O. The van der Waals surface area contributed by atoms with Crippen molar-refractivity contribution in [2.45, 2.75) is 58.4 Å². The maximum atomic E-state index is 12.6.